The van der Waals surface area contributed by atoms with Crippen molar-refractivity contribution in [1.29, 1.82) is 0 Å². The molecule has 0 aliphatic heterocycles. The molecular weight excluding hydrogens is 356 g/mol. The molecule has 1 atom stereocenters. The molecule has 2 N–H and O–H groups in total. The molecule has 0 radical (unpaired) electrons. The molecule has 2 rings (SSSR count). The first kappa shape index (κ1) is 19.7. The minimum Gasteiger partial charge on any atom is -0.484 e. The first-order chi connectivity index (χ1) is 12.4. The van der Waals surface area contributed by atoms with Crippen LogP contribution in [0.5, 0.6) is 5.75 Å². The van der Waals surface area contributed by atoms with E-state index < -0.39 is 10.0 Å². The lowest BCUT2D eigenvalue weighted by Gasteiger charge is -2.13. The number of sulfonamides is 1. The zero-order valence-electron chi connectivity index (χ0n) is 14.6. The summed E-state index contributed by atoms with van der Waals surface area (Å²) in [4.78, 5) is 11.8. The molecule has 0 bridgehead atoms. The maximum Gasteiger partial charge on any atom is 0.261 e. The smallest absolute Gasteiger partial charge is 0.261 e. The summed E-state index contributed by atoms with van der Waals surface area (Å²) in [5, 5.41) is 2.72. The zero-order chi connectivity index (χ0) is 19.0. The fourth-order valence-corrected chi connectivity index (χ4v) is 3.25. The van der Waals surface area contributed by atoms with E-state index in [4.69, 9.17) is 9.47 Å². The van der Waals surface area contributed by atoms with Crippen molar-refractivity contribution in [2.45, 2.75) is 17.9 Å². The van der Waals surface area contributed by atoms with Crippen molar-refractivity contribution in [3.63, 3.8) is 0 Å². The number of carbonyl (C=O) groups excluding carboxylic acids is 1. The first-order valence-corrected chi connectivity index (χ1v) is 9.48. The number of amides is 1. The highest BCUT2D eigenvalue weighted by Gasteiger charge is 2.14. The normalized spacial score (nSPS) is 12.2. The molecule has 7 nitrogen and oxygen atoms in total. The molecule has 26 heavy (non-hydrogen) atoms. The van der Waals surface area contributed by atoms with Gasteiger partial charge in [-0.3, -0.25) is 9.52 Å². The summed E-state index contributed by atoms with van der Waals surface area (Å²) in [5.41, 5.74) is 0.481. The van der Waals surface area contributed by atoms with Crippen molar-refractivity contribution in [2.24, 2.45) is 0 Å². The predicted molar refractivity (Wildman–Crippen MR) is 98.7 cm³/mol. The summed E-state index contributed by atoms with van der Waals surface area (Å²) in [6.45, 7) is 2.07. The molecule has 0 heterocycles. The summed E-state index contributed by atoms with van der Waals surface area (Å²) in [6.07, 6.45) is 0. The minimum absolute atomic E-state index is 0.104. The summed E-state index contributed by atoms with van der Waals surface area (Å²) in [7, 11) is -2.13. The Labute approximate surface area is 153 Å². The summed E-state index contributed by atoms with van der Waals surface area (Å²) in [5.74, 6) is 0.121. The number of rotatable bonds is 9. The first-order valence-electron chi connectivity index (χ1n) is 8.00. The number of anilines is 1. The highest BCUT2D eigenvalue weighted by Crippen LogP contribution is 2.19. The van der Waals surface area contributed by atoms with Gasteiger partial charge in [0, 0.05) is 18.8 Å². The number of para-hydroxylation sites is 1. The maximum atomic E-state index is 12.3. The third kappa shape index (κ3) is 6.05. The number of hydrogen-bond acceptors (Lipinski definition) is 5. The van der Waals surface area contributed by atoms with E-state index in [9.17, 15) is 13.2 Å². The Morgan fingerprint density at radius 1 is 1.08 bits per heavy atom. The van der Waals surface area contributed by atoms with Crippen molar-refractivity contribution in [3.8, 4) is 5.75 Å². The second-order valence-corrected chi connectivity index (χ2v) is 7.34. The Hall–Kier alpha value is -2.58. The lowest BCUT2D eigenvalue weighted by atomic mass is 10.3. The summed E-state index contributed by atoms with van der Waals surface area (Å²) >= 11 is 0. The molecule has 2 aromatic rings. The van der Waals surface area contributed by atoms with Crippen LogP contribution in [0.3, 0.4) is 0 Å². The largest absolute Gasteiger partial charge is 0.484 e. The van der Waals surface area contributed by atoms with Crippen LogP contribution in [0.1, 0.15) is 6.92 Å². The lowest BCUT2D eigenvalue weighted by Crippen LogP contribution is -2.38. The topological polar surface area (TPSA) is 93.7 Å². The third-order valence-corrected chi connectivity index (χ3v) is 4.75. The Bertz CT molecular complexity index is 807. The van der Waals surface area contributed by atoms with Crippen molar-refractivity contribution < 1.29 is 22.7 Å². The van der Waals surface area contributed by atoms with E-state index in [1.807, 2.05) is 6.92 Å². The number of nitrogens with one attached hydrogen (secondary N) is 2. The number of hydrogen-bond donors (Lipinski definition) is 2. The van der Waals surface area contributed by atoms with Crippen LogP contribution in [0.4, 0.5) is 5.69 Å². The van der Waals surface area contributed by atoms with Crippen LogP contribution in [-0.2, 0) is 19.6 Å². The van der Waals surface area contributed by atoms with Crippen molar-refractivity contribution in [3.05, 3.63) is 54.6 Å². The lowest BCUT2D eigenvalue weighted by molar-refractivity contribution is -0.124. The molecule has 0 fully saturated rings. The molecule has 0 spiro atoms. The Balaban J connectivity index is 1.92. The van der Waals surface area contributed by atoms with Crippen molar-refractivity contribution in [1.82, 2.24) is 5.32 Å². The maximum absolute atomic E-state index is 12.3. The SMILES string of the molecule is COC[C@@H](C)NC(=O)COc1ccc(S(=O)(=O)Nc2ccccc2)cc1. The molecule has 0 saturated heterocycles. The van der Waals surface area contributed by atoms with Crippen LogP contribution in [0, 0.1) is 0 Å². The fraction of sp³-hybridized carbons (Fsp3) is 0.278. The van der Waals surface area contributed by atoms with Gasteiger partial charge in [0.15, 0.2) is 6.61 Å². The second-order valence-electron chi connectivity index (χ2n) is 5.66. The van der Waals surface area contributed by atoms with Gasteiger partial charge >= 0.3 is 0 Å². The van der Waals surface area contributed by atoms with E-state index in [2.05, 4.69) is 10.0 Å². The average Bonchev–Trinajstić information content (AvgIpc) is 2.61. The van der Waals surface area contributed by atoms with E-state index in [1.165, 1.54) is 24.3 Å². The molecule has 1 amide bonds. The van der Waals surface area contributed by atoms with E-state index in [-0.39, 0.29) is 23.5 Å². The Morgan fingerprint density at radius 2 is 1.73 bits per heavy atom. The molecule has 8 heteroatoms. The molecule has 0 unspecified atom stereocenters. The highest BCUT2D eigenvalue weighted by molar-refractivity contribution is 7.92. The summed E-state index contributed by atoms with van der Waals surface area (Å²) in [6, 6.07) is 14.4. The monoisotopic (exact) mass is 378 g/mol. The predicted octanol–water partition coefficient (Wildman–Crippen LogP) is 2.02. The fourth-order valence-electron chi connectivity index (χ4n) is 2.19. The number of ether oxygens (including phenoxy) is 2. The zero-order valence-corrected chi connectivity index (χ0v) is 15.5. The molecule has 140 valence electrons. The van der Waals surface area contributed by atoms with Gasteiger partial charge in [-0.25, -0.2) is 8.42 Å². The third-order valence-electron chi connectivity index (χ3n) is 3.35. The molecule has 0 aliphatic rings. The van der Waals surface area contributed by atoms with E-state index in [0.29, 0.717) is 18.0 Å². The molecule has 2 aromatic carbocycles. The Morgan fingerprint density at radius 3 is 2.35 bits per heavy atom. The molecule has 0 aromatic heterocycles. The molecule has 0 aliphatic carbocycles. The van der Waals surface area contributed by atoms with Gasteiger partial charge in [-0.05, 0) is 43.3 Å². The highest BCUT2D eigenvalue weighted by atomic mass is 32.2. The van der Waals surface area contributed by atoms with Crippen LogP contribution in [-0.4, -0.2) is 40.7 Å². The van der Waals surface area contributed by atoms with E-state index in [1.54, 1.807) is 37.4 Å². The van der Waals surface area contributed by atoms with Crippen LogP contribution in [0.25, 0.3) is 0 Å². The van der Waals surface area contributed by atoms with Crippen LogP contribution in [0.15, 0.2) is 59.5 Å². The van der Waals surface area contributed by atoms with Gasteiger partial charge in [-0.2, -0.15) is 0 Å². The standard InChI is InChI=1S/C18H22N2O5S/c1-14(12-24-2)19-18(21)13-25-16-8-10-17(11-9-16)26(22,23)20-15-6-4-3-5-7-15/h3-11,14,20H,12-13H2,1-2H3,(H,19,21)/t14-/m1/s1. The Kier molecular flexibility index (Phi) is 6.99. The van der Waals surface area contributed by atoms with Gasteiger partial charge in [0.25, 0.3) is 15.9 Å². The average molecular weight is 378 g/mol. The van der Waals surface area contributed by atoms with Crippen LogP contribution >= 0.6 is 0 Å². The number of methoxy groups -OCH3 is 1. The van der Waals surface area contributed by atoms with Gasteiger partial charge in [0.1, 0.15) is 5.75 Å². The quantitative estimate of drug-likeness (QED) is 0.696. The molecule has 0 saturated carbocycles. The van der Waals surface area contributed by atoms with Gasteiger partial charge < -0.3 is 14.8 Å². The summed E-state index contributed by atoms with van der Waals surface area (Å²) < 4.78 is 37.5. The second kappa shape index (κ2) is 9.21. The van der Waals surface area contributed by atoms with Crippen LogP contribution < -0.4 is 14.8 Å². The minimum atomic E-state index is -3.68. The van der Waals surface area contributed by atoms with E-state index in [0.717, 1.165) is 0 Å². The van der Waals surface area contributed by atoms with Gasteiger partial charge in [0.05, 0.1) is 11.5 Å². The van der Waals surface area contributed by atoms with Gasteiger partial charge in [0.2, 0.25) is 0 Å². The van der Waals surface area contributed by atoms with Crippen LogP contribution in [0.2, 0.25) is 0 Å². The number of benzene rings is 2. The van der Waals surface area contributed by atoms with Gasteiger partial charge in [-0.1, -0.05) is 18.2 Å². The van der Waals surface area contributed by atoms with Gasteiger partial charge in [-0.15, -0.1) is 0 Å². The van der Waals surface area contributed by atoms with Crippen molar-refractivity contribution >= 4 is 21.6 Å². The van der Waals surface area contributed by atoms with Crippen molar-refractivity contribution in [2.75, 3.05) is 25.0 Å². The van der Waals surface area contributed by atoms with E-state index >= 15 is 0 Å². The molecular formula is C18H22N2O5S. The number of carbonyl (C=O) groups is 1.